The van der Waals surface area contributed by atoms with Gasteiger partial charge in [0, 0.05) is 19.3 Å². The minimum atomic E-state index is -3.58. The maximum atomic E-state index is 12.5. The molecule has 0 fully saturated rings. The zero-order valence-electron chi connectivity index (χ0n) is 12.3. The molecule has 0 aliphatic heterocycles. The molecule has 0 atom stereocenters. The van der Waals surface area contributed by atoms with Crippen molar-refractivity contribution in [3.05, 3.63) is 53.1 Å². The maximum Gasteiger partial charge on any atom is 0.243 e. The zero-order chi connectivity index (χ0) is 16.3. The molecule has 118 valence electrons. The molecule has 0 spiro atoms. The highest BCUT2D eigenvalue weighted by Gasteiger charge is 2.21. The fourth-order valence-corrected chi connectivity index (χ4v) is 3.41. The van der Waals surface area contributed by atoms with E-state index in [0.29, 0.717) is 16.5 Å². The monoisotopic (exact) mass is 340 g/mol. The minimum absolute atomic E-state index is 0.198. The number of hydrogen-bond donors (Lipinski definition) is 1. The van der Waals surface area contributed by atoms with E-state index < -0.39 is 10.0 Å². The first-order valence-corrected chi connectivity index (χ1v) is 8.30. The lowest BCUT2D eigenvalue weighted by Gasteiger charge is -2.18. The molecule has 0 radical (unpaired) electrons. The van der Waals surface area contributed by atoms with Crippen LogP contribution < -0.4 is 10.5 Å². The van der Waals surface area contributed by atoms with Gasteiger partial charge in [-0.2, -0.15) is 4.31 Å². The van der Waals surface area contributed by atoms with Crippen molar-refractivity contribution in [3.8, 4) is 5.75 Å². The van der Waals surface area contributed by atoms with Crippen molar-refractivity contribution in [2.45, 2.75) is 11.4 Å². The van der Waals surface area contributed by atoms with Crippen LogP contribution in [0.1, 0.15) is 5.56 Å². The van der Waals surface area contributed by atoms with Crippen LogP contribution in [0, 0.1) is 0 Å². The summed E-state index contributed by atoms with van der Waals surface area (Å²) in [6.45, 7) is 0.205. The molecule has 2 rings (SSSR count). The molecule has 22 heavy (non-hydrogen) atoms. The van der Waals surface area contributed by atoms with Gasteiger partial charge >= 0.3 is 0 Å². The van der Waals surface area contributed by atoms with Gasteiger partial charge in [0.05, 0.1) is 17.0 Å². The third-order valence-corrected chi connectivity index (χ3v) is 5.32. The third-order valence-electron chi connectivity index (χ3n) is 3.21. The average Bonchev–Trinajstić information content (AvgIpc) is 2.48. The van der Waals surface area contributed by atoms with Crippen LogP contribution in [0.5, 0.6) is 5.75 Å². The number of rotatable bonds is 5. The van der Waals surface area contributed by atoms with E-state index in [4.69, 9.17) is 22.1 Å². The van der Waals surface area contributed by atoms with Crippen LogP contribution in [0.4, 0.5) is 5.69 Å². The molecule has 0 saturated carbocycles. The fraction of sp³-hybridized carbons (Fsp3) is 0.200. The average molecular weight is 341 g/mol. The number of methoxy groups -OCH3 is 1. The van der Waals surface area contributed by atoms with E-state index in [-0.39, 0.29) is 11.4 Å². The Morgan fingerprint density at radius 2 is 1.82 bits per heavy atom. The third kappa shape index (κ3) is 3.52. The number of nitrogens with two attached hydrogens (primary N) is 1. The first-order valence-electron chi connectivity index (χ1n) is 6.49. The summed E-state index contributed by atoms with van der Waals surface area (Å²) in [5, 5.41) is 0.443. The Labute approximate surface area is 135 Å². The highest BCUT2D eigenvalue weighted by Crippen LogP contribution is 2.26. The largest absolute Gasteiger partial charge is 0.495 e. The lowest BCUT2D eigenvalue weighted by molar-refractivity contribution is 0.414. The predicted molar refractivity (Wildman–Crippen MR) is 87.5 cm³/mol. The van der Waals surface area contributed by atoms with E-state index in [1.54, 1.807) is 30.3 Å². The quantitative estimate of drug-likeness (QED) is 0.849. The second kappa shape index (κ2) is 6.56. The van der Waals surface area contributed by atoms with Gasteiger partial charge in [-0.05, 0) is 42.0 Å². The maximum absolute atomic E-state index is 12.5. The summed E-state index contributed by atoms with van der Waals surface area (Å²) in [6.07, 6.45) is 0. The van der Waals surface area contributed by atoms with E-state index in [1.165, 1.54) is 30.6 Å². The molecule has 2 N–H and O–H groups in total. The molecule has 0 aliphatic rings. The van der Waals surface area contributed by atoms with Crippen molar-refractivity contribution < 1.29 is 13.2 Å². The number of halogens is 1. The molecule has 0 heterocycles. The number of benzene rings is 2. The Morgan fingerprint density at radius 1 is 1.18 bits per heavy atom. The summed E-state index contributed by atoms with van der Waals surface area (Å²) < 4.78 is 31.3. The van der Waals surface area contributed by atoms with Gasteiger partial charge in [0.25, 0.3) is 0 Å². The summed E-state index contributed by atoms with van der Waals surface area (Å²) in [4.78, 5) is 0.198. The highest BCUT2D eigenvalue weighted by atomic mass is 35.5. The zero-order valence-corrected chi connectivity index (χ0v) is 13.9. The molecule has 0 amide bonds. The van der Waals surface area contributed by atoms with Crippen LogP contribution in [0.3, 0.4) is 0 Å². The van der Waals surface area contributed by atoms with Crippen molar-refractivity contribution in [3.63, 3.8) is 0 Å². The van der Waals surface area contributed by atoms with Crippen molar-refractivity contribution in [1.29, 1.82) is 0 Å². The number of nitrogen functional groups attached to an aromatic ring is 1. The lowest BCUT2D eigenvalue weighted by Crippen LogP contribution is -2.26. The molecule has 0 aliphatic carbocycles. The molecule has 0 saturated heterocycles. The first-order chi connectivity index (χ1) is 10.3. The molecule has 0 bridgehead atoms. The van der Waals surface area contributed by atoms with Gasteiger partial charge in [-0.15, -0.1) is 0 Å². The Hall–Kier alpha value is -1.76. The molecule has 0 unspecified atom stereocenters. The van der Waals surface area contributed by atoms with E-state index in [2.05, 4.69) is 0 Å². The van der Waals surface area contributed by atoms with Crippen LogP contribution in [0.25, 0.3) is 0 Å². The first kappa shape index (κ1) is 16.6. The summed E-state index contributed by atoms with van der Waals surface area (Å²) >= 11 is 6.05. The molecule has 7 heteroatoms. The minimum Gasteiger partial charge on any atom is -0.495 e. The molecule has 0 aromatic heterocycles. The van der Waals surface area contributed by atoms with Gasteiger partial charge in [0.15, 0.2) is 0 Å². The summed E-state index contributed by atoms with van der Waals surface area (Å²) in [7, 11) is -0.535. The number of ether oxygens (including phenoxy) is 1. The van der Waals surface area contributed by atoms with Crippen LogP contribution >= 0.6 is 11.6 Å². The highest BCUT2D eigenvalue weighted by molar-refractivity contribution is 7.89. The van der Waals surface area contributed by atoms with Gasteiger partial charge in [0.2, 0.25) is 10.0 Å². The fourth-order valence-electron chi connectivity index (χ4n) is 1.97. The van der Waals surface area contributed by atoms with Gasteiger partial charge < -0.3 is 10.5 Å². The summed E-state index contributed by atoms with van der Waals surface area (Å²) in [5.41, 5.74) is 6.87. The van der Waals surface area contributed by atoms with Crippen LogP contribution in [-0.4, -0.2) is 26.9 Å². The SMILES string of the molecule is COc1ccc(CN(C)S(=O)(=O)c2ccc(N)cc2)cc1Cl. The second-order valence-electron chi connectivity index (χ2n) is 4.80. The number of hydrogen-bond acceptors (Lipinski definition) is 4. The Bertz CT molecular complexity index is 761. The molecular formula is C15H17ClN2O3S. The summed E-state index contributed by atoms with van der Waals surface area (Å²) in [6, 6.07) is 11.3. The molecule has 2 aromatic carbocycles. The van der Waals surface area contributed by atoms with E-state index in [9.17, 15) is 8.42 Å². The number of anilines is 1. The van der Waals surface area contributed by atoms with Gasteiger partial charge in [-0.1, -0.05) is 17.7 Å². The normalized spacial score (nSPS) is 11.6. The smallest absolute Gasteiger partial charge is 0.243 e. The molecular weight excluding hydrogens is 324 g/mol. The lowest BCUT2D eigenvalue weighted by atomic mass is 10.2. The summed E-state index contributed by atoms with van der Waals surface area (Å²) in [5.74, 6) is 0.550. The Balaban J connectivity index is 2.22. The predicted octanol–water partition coefficient (Wildman–Crippen LogP) is 2.75. The number of sulfonamides is 1. The Morgan fingerprint density at radius 3 is 2.36 bits per heavy atom. The Kier molecular flexibility index (Phi) is 4.95. The van der Waals surface area contributed by atoms with E-state index in [1.807, 2.05) is 0 Å². The van der Waals surface area contributed by atoms with Crippen molar-refractivity contribution in [2.24, 2.45) is 0 Å². The van der Waals surface area contributed by atoms with Crippen LogP contribution in [0.2, 0.25) is 5.02 Å². The van der Waals surface area contributed by atoms with E-state index in [0.717, 1.165) is 5.56 Å². The van der Waals surface area contributed by atoms with Crippen molar-refractivity contribution in [2.75, 3.05) is 19.9 Å². The standard InChI is InChI=1S/C15H17ClN2O3S/c1-18(10-11-3-8-15(21-2)14(16)9-11)22(19,20)13-6-4-12(17)5-7-13/h3-9H,10,17H2,1-2H3. The van der Waals surface area contributed by atoms with Crippen LogP contribution in [0.15, 0.2) is 47.4 Å². The number of nitrogens with zero attached hydrogens (tertiary/aromatic N) is 1. The topological polar surface area (TPSA) is 72.6 Å². The van der Waals surface area contributed by atoms with Crippen molar-refractivity contribution in [1.82, 2.24) is 4.31 Å². The van der Waals surface area contributed by atoms with Gasteiger partial charge in [0.1, 0.15) is 5.75 Å². The second-order valence-corrected chi connectivity index (χ2v) is 7.25. The molecule has 5 nitrogen and oxygen atoms in total. The van der Waals surface area contributed by atoms with Crippen LogP contribution in [-0.2, 0) is 16.6 Å². The van der Waals surface area contributed by atoms with Gasteiger partial charge in [-0.3, -0.25) is 0 Å². The van der Waals surface area contributed by atoms with Crippen molar-refractivity contribution >= 4 is 27.3 Å². The van der Waals surface area contributed by atoms with E-state index >= 15 is 0 Å². The van der Waals surface area contributed by atoms with Gasteiger partial charge in [-0.25, -0.2) is 8.42 Å². The molecule has 2 aromatic rings.